The predicted molar refractivity (Wildman–Crippen MR) is 104 cm³/mol. The molecule has 0 atom stereocenters. The number of carbonyl (C=O) groups excluding carboxylic acids is 1. The van der Waals surface area contributed by atoms with Gasteiger partial charge in [0.15, 0.2) is 11.5 Å². The SMILES string of the molecule is COc1ccc(Cn2ncc(C)c2NC(=O)c2csc(CN)n2)cc1OC. The van der Waals surface area contributed by atoms with E-state index in [-0.39, 0.29) is 5.91 Å². The zero-order valence-electron chi connectivity index (χ0n) is 15.4. The van der Waals surface area contributed by atoms with Gasteiger partial charge in [0.05, 0.1) is 27.0 Å². The topological polar surface area (TPSA) is 104 Å². The first-order valence-electron chi connectivity index (χ1n) is 8.24. The van der Waals surface area contributed by atoms with Gasteiger partial charge in [-0.3, -0.25) is 4.79 Å². The summed E-state index contributed by atoms with van der Waals surface area (Å²) < 4.78 is 12.3. The summed E-state index contributed by atoms with van der Waals surface area (Å²) in [4.78, 5) is 16.7. The van der Waals surface area contributed by atoms with Crippen LogP contribution in [-0.4, -0.2) is 34.9 Å². The van der Waals surface area contributed by atoms with E-state index in [1.165, 1.54) is 11.3 Å². The minimum Gasteiger partial charge on any atom is -0.493 e. The monoisotopic (exact) mass is 387 g/mol. The normalized spacial score (nSPS) is 10.7. The molecular weight excluding hydrogens is 366 g/mol. The minimum atomic E-state index is -0.289. The third kappa shape index (κ3) is 4.09. The molecule has 142 valence electrons. The van der Waals surface area contributed by atoms with Crippen LogP contribution in [0.1, 0.15) is 26.6 Å². The van der Waals surface area contributed by atoms with E-state index in [2.05, 4.69) is 15.4 Å². The summed E-state index contributed by atoms with van der Waals surface area (Å²) in [5.41, 5.74) is 7.73. The molecule has 8 nitrogen and oxygen atoms in total. The zero-order valence-corrected chi connectivity index (χ0v) is 16.2. The number of hydrogen-bond acceptors (Lipinski definition) is 7. The number of benzene rings is 1. The average Bonchev–Trinajstić information content (AvgIpc) is 3.30. The number of nitrogens with zero attached hydrogens (tertiary/aromatic N) is 3. The Bertz CT molecular complexity index is 950. The second kappa shape index (κ2) is 8.19. The van der Waals surface area contributed by atoms with Gasteiger partial charge >= 0.3 is 0 Å². The molecule has 0 spiro atoms. The second-order valence-electron chi connectivity index (χ2n) is 5.81. The van der Waals surface area contributed by atoms with Gasteiger partial charge < -0.3 is 20.5 Å². The van der Waals surface area contributed by atoms with Crippen LogP contribution >= 0.6 is 11.3 Å². The fourth-order valence-corrected chi connectivity index (χ4v) is 3.25. The minimum absolute atomic E-state index is 0.289. The largest absolute Gasteiger partial charge is 0.493 e. The van der Waals surface area contributed by atoms with E-state index in [4.69, 9.17) is 15.2 Å². The summed E-state index contributed by atoms with van der Waals surface area (Å²) in [5.74, 6) is 1.63. The molecular formula is C18H21N5O3S. The van der Waals surface area contributed by atoms with Crippen molar-refractivity contribution in [1.29, 1.82) is 0 Å². The molecule has 0 saturated carbocycles. The number of anilines is 1. The Morgan fingerprint density at radius 1 is 1.30 bits per heavy atom. The molecule has 0 bridgehead atoms. The second-order valence-corrected chi connectivity index (χ2v) is 6.75. The summed E-state index contributed by atoms with van der Waals surface area (Å²) in [6.45, 7) is 2.67. The molecule has 3 rings (SSSR count). The fourth-order valence-electron chi connectivity index (χ4n) is 2.59. The zero-order chi connectivity index (χ0) is 19.4. The van der Waals surface area contributed by atoms with Gasteiger partial charge in [-0.1, -0.05) is 6.07 Å². The number of rotatable bonds is 7. The molecule has 0 radical (unpaired) electrons. The quantitative estimate of drug-likeness (QED) is 0.645. The number of ether oxygens (including phenoxy) is 2. The van der Waals surface area contributed by atoms with E-state index in [1.807, 2.05) is 25.1 Å². The van der Waals surface area contributed by atoms with E-state index in [9.17, 15) is 4.79 Å². The molecule has 0 saturated heterocycles. The number of nitrogens with one attached hydrogen (secondary N) is 1. The molecule has 1 aromatic carbocycles. The van der Waals surface area contributed by atoms with Crippen molar-refractivity contribution in [2.24, 2.45) is 5.73 Å². The number of thiazole rings is 1. The lowest BCUT2D eigenvalue weighted by molar-refractivity contribution is 0.102. The lowest BCUT2D eigenvalue weighted by atomic mass is 10.2. The van der Waals surface area contributed by atoms with E-state index in [0.717, 1.165) is 16.1 Å². The number of nitrogens with two attached hydrogens (primary N) is 1. The summed E-state index contributed by atoms with van der Waals surface area (Å²) >= 11 is 1.36. The highest BCUT2D eigenvalue weighted by Crippen LogP contribution is 2.28. The molecule has 0 aliphatic rings. The van der Waals surface area contributed by atoms with E-state index in [0.29, 0.717) is 36.1 Å². The highest BCUT2D eigenvalue weighted by molar-refractivity contribution is 7.09. The van der Waals surface area contributed by atoms with Crippen LogP contribution in [-0.2, 0) is 13.1 Å². The van der Waals surface area contributed by atoms with Crippen LogP contribution < -0.4 is 20.5 Å². The van der Waals surface area contributed by atoms with Crippen LogP contribution in [0.3, 0.4) is 0 Å². The number of aryl methyl sites for hydroxylation is 1. The number of methoxy groups -OCH3 is 2. The number of carbonyl (C=O) groups is 1. The Morgan fingerprint density at radius 3 is 2.74 bits per heavy atom. The van der Waals surface area contributed by atoms with Gasteiger partial charge in [0.1, 0.15) is 16.5 Å². The van der Waals surface area contributed by atoms with Crippen LogP contribution in [0.25, 0.3) is 0 Å². The van der Waals surface area contributed by atoms with Crippen LogP contribution in [0.4, 0.5) is 5.82 Å². The Kier molecular flexibility index (Phi) is 5.72. The van der Waals surface area contributed by atoms with Crippen molar-refractivity contribution < 1.29 is 14.3 Å². The highest BCUT2D eigenvalue weighted by Gasteiger charge is 2.16. The highest BCUT2D eigenvalue weighted by atomic mass is 32.1. The summed E-state index contributed by atoms with van der Waals surface area (Å²) in [7, 11) is 3.19. The maximum Gasteiger partial charge on any atom is 0.276 e. The van der Waals surface area contributed by atoms with Gasteiger partial charge in [-0.2, -0.15) is 5.10 Å². The first-order chi connectivity index (χ1) is 13.0. The van der Waals surface area contributed by atoms with Gasteiger partial charge in [-0.15, -0.1) is 11.3 Å². The molecule has 0 unspecified atom stereocenters. The fraction of sp³-hybridized carbons (Fsp3) is 0.278. The first-order valence-corrected chi connectivity index (χ1v) is 9.12. The molecule has 27 heavy (non-hydrogen) atoms. The van der Waals surface area contributed by atoms with Gasteiger partial charge in [0.2, 0.25) is 0 Å². The standard InChI is InChI=1S/C18H21N5O3S/c1-11-8-20-23(9-12-4-5-14(25-2)15(6-12)26-3)17(11)22-18(24)13-10-27-16(7-19)21-13/h4-6,8,10H,7,9,19H2,1-3H3,(H,22,24). The maximum absolute atomic E-state index is 12.5. The van der Waals surface area contributed by atoms with Crippen LogP contribution in [0.2, 0.25) is 0 Å². The molecule has 2 heterocycles. The van der Waals surface area contributed by atoms with Crippen molar-refractivity contribution in [2.45, 2.75) is 20.0 Å². The summed E-state index contributed by atoms with van der Waals surface area (Å²) in [5, 5.41) is 9.68. The Morgan fingerprint density at radius 2 is 2.07 bits per heavy atom. The van der Waals surface area contributed by atoms with Crippen molar-refractivity contribution in [3.63, 3.8) is 0 Å². The van der Waals surface area contributed by atoms with Crippen molar-refractivity contribution in [2.75, 3.05) is 19.5 Å². The average molecular weight is 387 g/mol. The van der Waals surface area contributed by atoms with Gasteiger partial charge in [-0.25, -0.2) is 9.67 Å². The lowest BCUT2D eigenvalue weighted by Crippen LogP contribution is -2.17. The van der Waals surface area contributed by atoms with Crippen molar-refractivity contribution >= 4 is 23.1 Å². The Balaban J connectivity index is 1.81. The number of aromatic nitrogens is 3. The molecule has 9 heteroatoms. The van der Waals surface area contributed by atoms with Crippen LogP contribution in [0.5, 0.6) is 11.5 Å². The van der Waals surface area contributed by atoms with Crippen molar-refractivity contribution in [3.8, 4) is 11.5 Å². The molecule has 0 fully saturated rings. The lowest BCUT2D eigenvalue weighted by Gasteiger charge is -2.12. The Labute approximate surface area is 160 Å². The van der Waals surface area contributed by atoms with E-state index in [1.54, 1.807) is 30.5 Å². The molecule has 3 N–H and O–H groups in total. The van der Waals surface area contributed by atoms with Crippen LogP contribution in [0.15, 0.2) is 29.8 Å². The summed E-state index contributed by atoms with van der Waals surface area (Å²) in [6.07, 6.45) is 1.71. The van der Waals surface area contributed by atoms with E-state index < -0.39 is 0 Å². The van der Waals surface area contributed by atoms with Gasteiger partial charge in [0.25, 0.3) is 5.91 Å². The smallest absolute Gasteiger partial charge is 0.276 e. The first kappa shape index (κ1) is 18.9. The maximum atomic E-state index is 12.5. The predicted octanol–water partition coefficient (Wildman–Crippen LogP) is 2.42. The molecule has 0 aliphatic heterocycles. The summed E-state index contributed by atoms with van der Waals surface area (Å²) in [6, 6.07) is 5.65. The molecule has 1 amide bonds. The molecule has 3 aromatic rings. The third-order valence-electron chi connectivity index (χ3n) is 3.99. The number of hydrogen-bond donors (Lipinski definition) is 2. The third-order valence-corrected chi connectivity index (χ3v) is 4.86. The van der Waals surface area contributed by atoms with Gasteiger partial charge in [0, 0.05) is 17.5 Å². The van der Waals surface area contributed by atoms with Crippen molar-refractivity contribution in [3.05, 3.63) is 51.6 Å². The van der Waals surface area contributed by atoms with Crippen molar-refractivity contribution in [1.82, 2.24) is 14.8 Å². The van der Waals surface area contributed by atoms with E-state index >= 15 is 0 Å². The molecule has 0 aliphatic carbocycles. The number of amides is 1. The van der Waals surface area contributed by atoms with Gasteiger partial charge in [-0.05, 0) is 24.6 Å². The Hall–Kier alpha value is -2.91. The molecule has 2 aromatic heterocycles. The van der Waals surface area contributed by atoms with Crippen LogP contribution in [0, 0.1) is 6.92 Å².